The average molecular weight is 313 g/mol. The topological polar surface area (TPSA) is 62.3 Å². The fraction of sp³-hybridized carbons (Fsp3) is 0.643. The third-order valence-corrected chi connectivity index (χ3v) is 6.21. The molecular weight excluding hydrogens is 293 g/mol. The van der Waals surface area contributed by atoms with Gasteiger partial charge in [-0.3, -0.25) is 4.98 Å². The maximum Gasteiger partial charge on any atom is 0.244 e. The molecular formula is C14H20FN3O2S. The molecule has 1 spiro atoms. The Bertz CT molecular complexity index is 670. The van der Waals surface area contributed by atoms with Crippen molar-refractivity contribution in [1.29, 1.82) is 0 Å². The number of aromatic nitrogens is 1. The fourth-order valence-electron chi connectivity index (χ4n) is 2.87. The second kappa shape index (κ2) is 4.47. The van der Waals surface area contributed by atoms with E-state index in [1.165, 1.54) is 30.3 Å². The van der Waals surface area contributed by atoms with Gasteiger partial charge in [-0.25, -0.2) is 12.8 Å². The summed E-state index contributed by atoms with van der Waals surface area (Å²) in [5, 5.41) is 3.18. The third kappa shape index (κ3) is 2.37. The van der Waals surface area contributed by atoms with Gasteiger partial charge in [-0.15, -0.1) is 0 Å². The first-order valence-corrected chi connectivity index (χ1v) is 8.46. The summed E-state index contributed by atoms with van der Waals surface area (Å²) in [5.41, 5.74) is -0.839. The van der Waals surface area contributed by atoms with E-state index in [4.69, 9.17) is 0 Å². The number of halogens is 1. The Morgan fingerprint density at radius 1 is 1.33 bits per heavy atom. The minimum absolute atomic E-state index is 0.134. The monoisotopic (exact) mass is 313 g/mol. The molecule has 5 nitrogen and oxygen atoms in total. The van der Waals surface area contributed by atoms with Gasteiger partial charge >= 0.3 is 0 Å². The Hall–Kier alpha value is -1.05. The molecule has 1 aromatic rings. The lowest BCUT2D eigenvalue weighted by molar-refractivity contribution is 0.0164. The Labute approximate surface area is 124 Å². The van der Waals surface area contributed by atoms with Crippen LogP contribution >= 0.6 is 0 Å². The van der Waals surface area contributed by atoms with Gasteiger partial charge in [0.2, 0.25) is 10.0 Å². The molecule has 116 valence electrons. The van der Waals surface area contributed by atoms with Crippen LogP contribution in [0, 0.1) is 12.3 Å². The van der Waals surface area contributed by atoms with E-state index in [2.05, 4.69) is 10.3 Å². The molecule has 2 aliphatic heterocycles. The van der Waals surface area contributed by atoms with Crippen molar-refractivity contribution in [3.05, 3.63) is 23.5 Å². The van der Waals surface area contributed by atoms with Crippen molar-refractivity contribution >= 4 is 10.0 Å². The largest absolute Gasteiger partial charge is 0.315 e. The summed E-state index contributed by atoms with van der Waals surface area (Å²) < 4.78 is 40.6. The molecule has 21 heavy (non-hydrogen) atoms. The van der Waals surface area contributed by atoms with Gasteiger partial charge < -0.3 is 5.32 Å². The summed E-state index contributed by atoms with van der Waals surface area (Å²) in [6, 6.07) is 2.93. The summed E-state index contributed by atoms with van der Waals surface area (Å²) in [4.78, 5) is 4.31. The fourth-order valence-corrected chi connectivity index (χ4v) is 4.69. The van der Waals surface area contributed by atoms with Gasteiger partial charge in [0, 0.05) is 31.6 Å². The molecule has 1 N–H and O–H groups in total. The van der Waals surface area contributed by atoms with Crippen LogP contribution in [0.3, 0.4) is 0 Å². The number of rotatable bonds is 3. The van der Waals surface area contributed by atoms with E-state index in [0.29, 0.717) is 18.8 Å². The van der Waals surface area contributed by atoms with Crippen LogP contribution in [0.15, 0.2) is 17.0 Å². The molecule has 3 heterocycles. The van der Waals surface area contributed by atoms with Crippen molar-refractivity contribution in [2.45, 2.75) is 31.3 Å². The van der Waals surface area contributed by atoms with Crippen molar-refractivity contribution in [3.8, 4) is 0 Å². The highest BCUT2D eigenvalue weighted by Gasteiger charge is 2.52. The number of hydrogen-bond acceptors (Lipinski definition) is 4. The molecule has 2 saturated heterocycles. The molecule has 0 atom stereocenters. The van der Waals surface area contributed by atoms with Crippen LogP contribution in [0.25, 0.3) is 0 Å². The molecule has 2 aliphatic rings. The Morgan fingerprint density at radius 3 is 2.38 bits per heavy atom. The van der Waals surface area contributed by atoms with Crippen molar-refractivity contribution in [3.63, 3.8) is 0 Å². The first-order chi connectivity index (χ1) is 9.64. The van der Waals surface area contributed by atoms with Gasteiger partial charge in [-0.1, -0.05) is 0 Å². The molecule has 7 heteroatoms. The SMILES string of the molecule is Cc1nc(C(C)(C)F)ccc1S(=O)(=O)N1CC2(CNC2)C1. The smallest absolute Gasteiger partial charge is 0.244 e. The number of hydrogen-bond donors (Lipinski definition) is 1. The zero-order chi connectivity index (χ0) is 15.5. The summed E-state index contributed by atoms with van der Waals surface area (Å²) in [6.45, 7) is 7.30. The van der Waals surface area contributed by atoms with Crippen LogP contribution in [0.2, 0.25) is 0 Å². The van der Waals surface area contributed by atoms with Crippen molar-refractivity contribution in [1.82, 2.24) is 14.6 Å². The van der Waals surface area contributed by atoms with Crippen LogP contribution in [0.4, 0.5) is 4.39 Å². The van der Waals surface area contributed by atoms with E-state index in [0.717, 1.165) is 13.1 Å². The Kier molecular flexibility index (Phi) is 3.17. The normalized spacial score (nSPS) is 21.9. The van der Waals surface area contributed by atoms with Gasteiger partial charge in [0.05, 0.1) is 11.4 Å². The standard InChI is InChI=1S/C14H20FN3O2S/c1-10-11(4-5-12(17-10)13(2,3)15)21(19,20)18-8-14(9-18)6-16-7-14/h4-5,16H,6-9H2,1-3H3. The number of nitrogens with zero attached hydrogens (tertiary/aromatic N) is 2. The van der Waals surface area contributed by atoms with Gasteiger partial charge in [0.15, 0.2) is 0 Å². The predicted octanol–water partition coefficient (Wildman–Crippen LogP) is 1.19. The van der Waals surface area contributed by atoms with Crippen LogP contribution < -0.4 is 5.32 Å². The predicted molar refractivity (Wildman–Crippen MR) is 77.2 cm³/mol. The number of pyridine rings is 1. The minimum atomic E-state index is -3.52. The molecule has 0 bridgehead atoms. The van der Waals surface area contributed by atoms with E-state index in [9.17, 15) is 12.8 Å². The molecule has 0 aromatic carbocycles. The molecule has 2 fully saturated rings. The van der Waals surface area contributed by atoms with Crippen molar-refractivity contribution < 1.29 is 12.8 Å². The number of aryl methyl sites for hydroxylation is 1. The van der Waals surface area contributed by atoms with E-state index >= 15 is 0 Å². The summed E-state index contributed by atoms with van der Waals surface area (Å²) in [5.74, 6) is 0. The number of nitrogens with one attached hydrogen (secondary N) is 1. The highest BCUT2D eigenvalue weighted by Crippen LogP contribution is 2.38. The van der Waals surface area contributed by atoms with Gasteiger partial charge in [-0.05, 0) is 32.9 Å². The Balaban J connectivity index is 1.86. The molecule has 0 amide bonds. The van der Waals surface area contributed by atoms with Crippen molar-refractivity contribution in [2.75, 3.05) is 26.2 Å². The maximum absolute atomic E-state index is 13.9. The van der Waals surface area contributed by atoms with E-state index in [1.54, 1.807) is 6.92 Å². The second-order valence-corrected chi connectivity index (χ2v) is 8.54. The van der Waals surface area contributed by atoms with Crippen molar-refractivity contribution in [2.24, 2.45) is 5.41 Å². The average Bonchev–Trinajstić information content (AvgIpc) is 2.22. The minimum Gasteiger partial charge on any atom is -0.315 e. The van der Waals surface area contributed by atoms with Crippen LogP contribution in [-0.2, 0) is 15.7 Å². The highest BCUT2D eigenvalue weighted by molar-refractivity contribution is 7.89. The van der Waals surface area contributed by atoms with Gasteiger partial charge in [-0.2, -0.15) is 4.31 Å². The van der Waals surface area contributed by atoms with E-state index in [1.807, 2.05) is 0 Å². The summed E-state index contributed by atoms with van der Waals surface area (Å²) in [7, 11) is -3.52. The second-order valence-electron chi connectivity index (χ2n) is 6.63. The quantitative estimate of drug-likeness (QED) is 0.910. The lowest BCUT2D eigenvalue weighted by atomic mass is 9.76. The van der Waals surface area contributed by atoms with Gasteiger partial charge in [0.25, 0.3) is 0 Å². The molecule has 0 aliphatic carbocycles. The van der Waals surface area contributed by atoms with Gasteiger partial charge in [0.1, 0.15) is 10.6 Å². The number of sulfonamides is 1. The molecule has 0 saturated carbocycles. The molecule has 0 radical (unpaired) electrons. The number of alkyl halides is 1. The lowest BCUT2D eigenvalue weighted by Crippen LogP contribution is -2.71. The van der Waals surface area contributed by atoms with Crippen LogP contribution in [-0.4, -0.2) is 43.9 Å². The van der Waals surface area contributed by atoms with E-state index in [-0.39, 0.29) is 16.0 Å². The summed E-state index contributed by atoms with van der Waals surface area (Å²) >= 11 is 0. The third-order valence-electron chi connectivity index (χ3n) is 4.29. The maximum atomic E-state index is 13.9. The van der Waals surface area contributed by atoms with Crippen LogP contribution in [0.1, 0.15) is 25.2 Å². The molecule has 3 rings (SSSR count). The first-order valence-electron chi connectivity index (χ1n) is 7.02. The van der Waals surface area contributed by atoms with E-state index < -0.39 is 15.7 Å². The zero-order valence-corrected chi connectivity index (χ0v) is 13.3. The lowest BCUT2D eigenvalue weighted by Gasteiger charge is -2.55. The highest BCUT2D eigenvalue weighted by atomic mass is 32.2. The van der Waals surface area contributed by atoms with Crippen LogP contribution in [0.5, 0.6) is 0 Å². The zero-order valence-electron chi connectivity index (χ0n) is 12.5. The molecule has 1 aromatic heterocycles. The first kappa shape index (κ1) is 14.9. The summed E-state index contributed by atoms with van der Waals surface area (Å²) in [6.07, 6.45) is 0. The molecule has 0 unspecified atom stereocenters. The Morgan fingerprint density at radius 2 is 1.95 bits per heavy atom.